The first-order valence-electron chi connectivity index (χ1n) is 10.1. The number of guanidine groups is 1. The normalized spacial score (nSPS) is 18.1. The lowest BCUT2D eigenvalue weighted by atomic mass is 9.93. The highest BCUT2D eigenvalue weighted by Gasteiger charge is 2.26. The third kappa shape index (κ3) is 7.49. The van der Waals surface area contributed by atoms with Gasteiger partial charge in [-0.3, -0.25) is 0 Å². The third-order valence-electron chi connectivity index (χ3n) is 5.02. The minimum absolute atomic E-state index is 0. The van der Waals surface area contributed by atoms with Gasteiger partial charge >= 0.3 is 0 Å². The molecule has 0 radical (unpaired) electrons. The van der Waals surface area contributed by atoms with Gasteiger partial charge in [-0.2, -0.15) is 0 Å². The highest BCUT2D eigenvalue weighted by atomic mass is 127. The molecule has 7 heteroatoms. The van der Waals surface area contributed by atoms with E-state index in [0.717, 1.165) is 55.3 Å². The Morgan fingerprint density at radius 1 is 1.33 bits per heavy atom. The number of aliphatic imine (C=N–C) groups is 1. The van der Waals surface area contributed by atoms with E-state index in [-0.39, 0.29) is 29.4 Å². The fourth-order valence-corrected chi connectivity index (χ4v) is 4.26. The van der Waals surface area contributed by atoms with Crippen LogP contribution in [-0.4, -0.2) is 60.0 Å². The molecule has 2 rings (SSSR count). The van der Waals surface area contributed by atoms with Gasteiger partial charge in [-0.05, 0) is 32.4 Å². The van der Waals surface area contributed by atoms with Crippen molar-refractivity contribution in [3.05, 3.63) is 16.1 Å². The molecule has 5 nitrogen and oxygen atoms in total. The summed E-state index contributed by atoms with van der Waals surface area (Å²) in [5.74, 6) is 1.79. The van der Waals surface area contributed by atoms with Crippen molar-refractivity contribution >= 4 is 41.3 Å². The molecule has 1 aliphatic heterocycles. The highest BCUT2D eigenvalue weighted by molar-refractivity contribution is 14.0. The van der Waals surface area contributed by atoms with E-state index in [2.05, 4.69) is 62.0 Å². The van der Waals surface area contributed by atoms with Gasteiger partial charge in [0, 0.05) is 37.0 Å². The van der Waals surface area contributed by atoms with E-state index in [0.29, 0.717) is 6.54 Å². The van der Waals surface area contributed by atoms with E-state index < -0.39 is 0 Å². The molecule has 1 aliphatic rings. The second-order valence-corrected chi connectivity index (χ2v) is 9.08. The summed E-state index contributed by atoms with van der Waals surface area (Å²) in [5.41, 5.74) is 1.27. The number of thiazole rings is 1. The minimum atomic E-state index is 0. The summed E-state index contributed by atoms with van der Waals surface area (Å²) in [6.07, 6.45) is 1.26. The molecule has 1 unspecified atom stereocenters. The first kappa shape index (κ1) is 24.6. The average Bonchev–Trinajstić information content (AvgIpc) is 3.25. The Morgan fingerprint density at radius 2 is 2.04 bits per heavy atom. The maximum Gasteiger partial charge on any atom is 0.194 e. The molecular weight excluding hydrogens is 469 g/mol. The van der Waals surface area contributed by atoms with Crippen molar-refractivity contribution in [1.82, 2.24) is 20.1 Å². The molecular formula is C20H38IN5S. The maximum absolute atomic E-state index is 4.88. The van der Waals surface area contributed by atoms with Crippen molar-refractivity contribution < 1.29 is 0 Å². The fourth-order valence-electron chi connectivity index (χ4n) is 3.32. The Balaban J connectivity index is 0.00000364. The number of likely N-dealkylation sites (tertiary alicyclic amines) is 1. The van der Waals surface area contributed by atoms with Crippen LogP contribution in [0.4, 0.5) is 0 Å². The zero-order valence-electron chi connectivity index (χ0n) is 17.9. The zero-order chi connectivity index (χ0) is 19.2. The van der Waals surface area contributed by atoms with E-state index in [9.17, 15) is 0 Å². The monoisotopic (exact) mass is 507 g/mol. The van der Waals surface area contributed by atoms with E-state index in [1.807, 2.05) is 0 Å². The van der Waals surface area contributed by atoms with Gasteiger partial charge in [0.1, 0.15) is 5.01 Å². The lowest BCUT2D eigenvalue weighted by molar-refractivity contribution is 0.255. The average molecular weight is 508 g/mol. The molecule has 0 spiro atoms. The number of hydrogen-bond acceptors (Lipinski definition) is 4. The van der Waals surface area contributed by atoms with Gasteiger partial charge in [-0.25, -0.2) is 9.98 Å². The summed E-state index contributed by atoms with van der Waals surface area (Å²) in [6, 6.07) is 0. The molecule has 2 heterocycles. The first-order chi connectivity index (χ1) is 12.4. The summed E-state index contributed by atoms with van der Waals surface area (Å²) in [7, 11) is 0. The van der Waals surface area contributed by atoms with Crippen molar-refractivity contribution in [3.8, 4) is 0 Å². The van der Waals surface area contributed by atoms with Gasteiger partial charge in [-0.1, -0.05) is 34.6 Å². The standard InChI is InChI=1S/C20H37N5S.HI/c1-7-21-19(22-12-18-23-17(15-26-18)20(4,5)6)25-11-10-16(14-25)13-24(8-2)9-3;/h15-16H,7-14H2,1-6H3,(H,21,22);1H. The summed E-state index contributed by atoms with van der Waals surface area (Å²) >= 11 is 1.72. The zero-order valence-corrected chi connectivity index (χ0v) is 21.1. The van der Waals surface area contributed by atoms with Crippen LogP contribution >= 0.6 is 35.3 Å². The predicted octanol–water partition coefficient (Wildman–Crippen LogP) is 4.19. The summed E-state index contributed by atoms with van der Waals surface area (Å²) < 4.78 is 0. The second-order valence-electron chi connectivity index (χ2n) is 8.13. The first-order valence-corrected chi connectivity index (χ1v) is 11.0. The number of hydrogen-bond donors (Lipinski definition) is 1. The molecule has 1 fully saturated rings. The van der Waals surface area contributed by atoms with Crippen LogP contribution in [0.15, 0.2) is 10.4 Å². The van der Waals surface area contributed by atoms with Crippen molar-refractivity contribution in [2.75, 3.05) is 39.3 Å². The Bertz CT molecular complexity index is 577. The Labute approximate surface area is 187 Å². The van der Waals surface area contributed by atoms with Crippen LogP contribution in [0.25, 0.3) is 0 Å². The predicted molar refractivity (Wildman–Crippen MR) is 129 cm³/mol. The van der Waals surface area contributed by atoms with Gasteiger partial charge in [0.25, 0.3) is 0 Å². The Morgan fingerprint density at radius 3 is 2.59 bits per heavy atom. The molecule has 156 valence electrons. The SMILES string of the molecule is CCNC(=NCc1nc(C(C)(C)C)cs1)N1CCC(CN(CC)CC)C1.I. The van der Waals surface area contributed by atoms with Gasteiger partial charge < -0.3 is 15.1 Å². The van der Waals surface area contributed by atoms with E-state index in [1.165, 1.54) is 13.0 Å². The Kier molecular flexibility index (Phi) is 10.5. The number of halogens is 1. The number of rotatable bonds is 7. The summed E-state index contributed by atoms with van der Waals surface area (Å²) in [4.78, 5) is 14.6. The molecule has 27 heavy (non-hydrogen) atoms. The van der Waals surface area contributed by atoms with Crippen LogP contribution in [0.2, 0.25) is 0 Å². The molecule has 0 saturated carbocycles. The van der Waals surface area contributed by atoms with Crippen LogP contribution in [-0.2, 0) is 12.0 Å². The minimum Gasteiger partial charge on any atom is -0.357 e. The Hall–Kier alpha value is -0.410. The third-order valence-corrected chi connectivity index (χ3v) is 5.85. The van der Waals surface area contributed by atoms with E-state index in [4.69, 9.17) is 9.98 Å². The van der Waals surface area contributed by atoms with Gasteiger partial charge in [0.05, 0.1) is 12.2 Å². The molecule has 1 saturated heterocycles. The molecule has 1 aromatic rings. The molecule has 1 atom stereocenters. The van der Waals surface area contributed by atoms with Gasteiger partial charge in [-0.15, -0.1) is 35.3 Å². The topological polar surface area (TPSA) is 43.8 Å². The largest absolute Gasteiger partial charge is 0.357 e. The van der Waals surface area contributed by atoms with Crippen LogP contribution < -0.4 is 5.32 Å². The van der Waals surface area contributed by atoms with Crippen molar-refractivity contribution in [2.45, 2.75) is 59.9 Å². The molecule has 1 aromatic heterocycles. The molecule has 0 amide bonds. The van der Waals surface area contributed by atoms with Crippen molar-refractivity contribution in [3.63, 3.8) is 0 Å². The smallest absolute Gasteiger partial charge is 0.194 e. The lowest BCUT2D eigenvalue weighted by Gasteiger charge is -2.24. The molecule has 0 bridgehead atoms. The van der Waals surface area contributed by atoms with Crippen LogP contribution in [0.5, 0.6) is 0 Å². The van der Waals surface area contributed by atoms with Gasteiger partial charge in [0.2, 0.25) is 0 Å². The van der Waals surface area contributed by atoms with Crippen LogP contribution in [0.3, 0.4) is 0 Å². The van der Waals surface area contributed by atoms with Crippen LogP contribution in [0.1, 0.15) is 58.7 Å². The van der Waals surface area contributed by atoms with E-state index in [1.54, 1.807) is 11.3 Å². The summed E-state index contributed by atoms with van der Waals surface area (Å²) in [6.45, 7) is 20.5. The van der Waals surface area contributed by atoms with Crippen LogP contribution in [0, 0.1) is 5.92 Å². The quantitative estimate of drug-likeness (QED) is 0.342. The van der Waals surface area contributed by atoms with Crippen molar-refractivity contribution in [2.24, 2.45) is 10.9 Å². The summed E-state index contributed by atoms with van der Waals surface area (Å²) in [5, 5.41) is 6.75. The molecule has 1 N–H and O–H groups in total. The van der Waals surface area contributed by atoms with Crippen molar-refractivity contribution in [1.29, 1.82) is 0 Å². The fraction of sp³-hybridized carbons (Fsp3) is 0.800. The maximum atomic E-state index is 4.88. The highest BCUT2D eigenvalue weighted by Crippen LogP contribution is 2.24. The number of nitrogens with zero attached hydrogens (tertiary/aromatic N) is 4. The molecule has 0 aliphatic carbocycles. The molecule has 0 aromatic carbocycles. The lowest BCUT2D eigenvalue weighted by Crippen LogP contribution is -2.40. The van der Waals surface area contributed by atoms with Gasteiger partial charge in [0.15, 0.2) is 5.96 Å². The second kappa shape index (κ2) is 11.6. The number of aromatic nitrogens is 1. The number of nitrogens with one attached hydrogen (secondary N) is 1. The van der Waals surface area contributed by atoms with E-state index >= 15 is 0 Å².